The lowest BCUT2D eigenvalue weighted by molar-refractivity contribution is -0.384. The molecule has 2 aliphatic rings. The first-order valence-corrected chi connectivity index (χ1v) is 12.8. The number of nitro groups is 1. The van der Waals surface area contributed by atoms with E-state index in [2.05, 4.69) is 10.00 Å². The summed E-state index contributed by atoms with van der Waals surface area (Å²) in [5, 5.41) is 16.6. The van der Waals surface area contributed by atoms with E-state index < -0.39 is 4.92 Å². The molecule has 1 amide bonds. The van der Waals surface area contributed by atoms with Gasteiger partial charge in [-0.05, 0) is 35.9 Å². The lowest BCUT2D eigenvalue weighted by Crippen LogP contribution is -2.48. The number of non-ortho nitro benzene ring substituents is 1. The first-order chi connectivity index (χ1) is 19.0. The fraction of sp³-hybridized carbons (Fsp3) is 0.214. The van der Waals surface area contributed by atoms with Gasteiger partial charge in [0, 0.05) is 50.4 Å². The Morgan fingerprint density at radius 3 is 2.54 bits per heavy atom. The van der Waals surface area contributed by atoms with Gasteiger partial charge in [-0.3, -0.25) is 19.8 Å². The molecule has 3 aromatic carbocycles. The molecule has 0 N–H and O–H groups in total. The second kappa shape index (κ2) is 10.4. The molecule has 10 nitrogen and oxygen atoms in total. The molecule has 4 aromatic rings. The smallest absolute Gasteiger partial charge is 0.272 e. The number of nitro benzene ring substituents is 1. The third kappa shape index (κ3) is 5.04. The molecule has 39 heavy (non-hydrogen) atoms. The molecule has 0 aliphatic carbocycles. The monoisotopic (exact) mass is 545 g/mol. The normalized spacial score (nSPS) is 14.9. The van der Waals surface area contributed by atoms with Gasteiger partial charge in [0.25, 0.3) is 11.6 Å². The predicted octanol–water partition coefficient (Wildman–Crippen LogP) is 4.79. The van der Waals surface area contributed by atoms with Crippen LogP contribution in [0.5, 0.6) is 11.5 Å². The van der Waals surface area contributed by atoms with E-state index in [0.717, 1.165) is 23.6 Å². The SMILES string of the molecule is O=C(c1cc(-c2ccccc2Cl)nn1-c1cccc([N+](=O)[O-])c1)N1CCN(Cc2ccc3c(c2)OCO3)CC1. The van der Waals surface area contributed by atoms with E-state index in [9.17, 15) is 14.9 Å². The van der Waals surface area contributed by atoms with E-state index >= 15 is 0 Å². The van der Waals surface area contributed by atoms with E-state index in [-0.39, 0.29) is 18.4 Å². The largest absolute Gasteiger partial charge is 0.454 e. The zero-order valence-corrected chi connectivity index (χ0v) is 21.6. The van der Waals surface area contributed by atoms with Gasteiger partial charge in [0.05, 0.1) is 21.3 Å². The van der Waals surface area contributed by atoms with Crippen molar-refractivity contribution < 1.29 is 19.2 Å². The zero-order chi connectivity index (χ0) is 26.9. The number of hydrogen-bond donors (Lipinski definition) is 0. The minimum absolute atomic E-state index is 0.0853. The van der Waals surface area contributed by atoms with Crippen molar-refractivity contribution in [2.45, 2.75) is 6.54 Å². The molecule has 3 heterocycles. The summed E-state index contributed by atoms with van der Waals surface area (Å²) in [6.45, 7) is 3.44. The summed E-state index contributed by atoms with van der Waals surface area (Å²) in [6, 6.07) is 21.0. The van der Waals surface area contributed by atoms with Gasteiger partial charge >= 0.3 is 0 Å². The van der Waals surface area contributed by atoms with Crippen LogP contribution in [0.1, 0.15) is 16.1 Å². The van der Waals surface area contributed by atoms with Crippen molar-refractivity contribution in [2.24, 2.45) is 0 Å². The zero-order valence-electron chi connectivity index (χ0n) is 20.8. The van der Waals surface area contributed by atoms with Gasteiger partial charge in [-0.1, -0.05) is 41.9 Å². The molecule has 6 rings (SSSR count). The van der Waals surface area contributed by atoms with Crippen molar-refractivity contribution in [3.05, 3.63) is 99.2 Å². The number of ether oxygens (including phenoxy) is 2. The number of piperazine rings is 1. The van der Waals surface area contributed by atoms with Gasteiger partial charge in [-0.15, -0.1) is 0 Å². The Labute approximate surface area is 229 Å². The van der Waals surface area contributed by atoms with Gasteiger partial charge in [-0.2, -0.15) is 5.10 Å². The van der Waals surface area contributed by atoms with E-state index in [1.54, 1.807) is 29.2 Å². The number of nitrogens with zero attached hydrogens (tertiary/aromatic N) is 5. The van der Waals surface area contributed by atoms with Gasteiger partial charge in [0.15, 0.2) is 11.5 Å². The molecule has 0 radical (unpaired) electrons. The van der Waals surface area contributed by atoms with Crippen molar-refractivity contribution in [1.29, 1.82) is 0 Å². The van der Waals surface area contributed by atoms with Crippen molar-refractivity contribution >= 4 is 23.2 Å². The van der Waals surface area contributed by atoms with Crippen molar-refractivity contribution in [3.8, 4) is 28.4 Å². The maximum Gasteiger partial charge on any atom is 0.272 e. The number of halogens is 1. The van der Waals surface area contributed by atoms with E-state index in [4.69, 9.17) is 21.1 Å². The lowest BCUT2D eigenvalue weighted by Gasteiger charge is -2.34. The van der Waals surface area contributed by atoms with Crippen molar-refractivity contribution in [2.75, 3.05) is 33.0 Å². The summed E-state index contributed by atoms with van der Waals surface area (Å²) in [5.41, 5.74) is 2.95. The van der Waals surface area contributed by atoms with E-state index in [0.29, 0.717) is 53.8 Å². The fourth-order valence-electron chi connectivity index (χ4n) is 4.84. The maximum absolute atomic E-state index is 13.8. The van der Waals surface area contributed by atoms with Crippen LogP contribution in [0.2, 0.25) is 5.02 Å². The van der Waals surface area contributed by atoms with E-state index in [1.165, 1.54) is 16.8 Å². The highest BCUT2D eigenvalue weighted by molar-refractivity contribution is 6.33. The van der Waals surface area contributed by atoms with Crippen LogP contribution in [0.15, 0.2) is 72.8 Å². The average Bonchev–Trinajstić information content (AvgIpc) is 3.61. The van der Waals surface area contributed by atoms with Gasteiger partial charge in [0.1, 0.15) is 5.69 Å². The molecule has 0 unspecified atom stereocenters. The van der Waals surface area contributed by atoms with Crippen molar-refractivity contribution in [1.82, 2.24) is 19.6 Å². The third-order valence-corrected chi connectivity index (χ3v) is 7.20. The molecule has 1 aromatic heterocycles. The molecule has 11 heteroatoms. The number of aromatic nitrogens is 2. The third-order valence-electron chi connectivity index (χ3n) is 6.87. The van der Waals surface area contributed by atoms with Crippen LogP contribution < -0.4 is 9.47 Å². The molecule has 1 fully saturated rings. The Bertz CT molecular complexity index is 1560. The van der Waals surface area contributed by atoms with Crippen LogP contribution in [0, 0.1) is 10.1 Å². The predicted molar refractivity (Wildman–Crippen MR) is 144 cm³/mol. The molecule has 0 saturated carbocycles. The maximum atomic E-state index is 13.8. The Morgan fingerprint density at radius 1 is 0.949 bits per heavy atom. The summed E-state index contributed by atoms with van der Waals surface area (Å²) in [7, 11) is 0. The van der Waals surface area contributed by atoms with Crippen LogP contribution in [0.25, 0.3) is 16.9 Å². The molecule has 0 bridgehead atoms. The molecule has 2 aliphatic heterocycles. The molecule has 1 saturated heterocycles. The molecular formula is C28H24ClN5O5. The number of fused-ring (bicyclic) bond motifs is 1. The average molecular weight is 546 g/mol. The number of carbonyl (C=O) groups excluding carboxylic acids is 1. The minimum atomic E-state index is -0.469. The number of benzene rings is 3. The second-order valence-corrected chi connectivity index (χ2v) is 9.75. The highest BCUT2D eigenvalue weighted by atomic mass is 35.5. The lowest BCUT2D eigenvalue weighted by atomic mass is 10.1. The molecular weight excluding hydrogens is 522 g/mol. The van der Waals surface area contributed by atoms with Gasteiger partial charge in [0.2, 0.25) is 6.79 Å². The first kappa shape index (κ1) is 24.9. The summed E-state index contributed by atoms with van der Waals surface area (Å²) >= 11 is 6.42. The van der Waals surface area contributed by atoms with E-state index in [1.807, 2.05) is 36.4 Å². The standard InChI is InChI=1S/C28H24ClN5O5/c29-23-7-2-1-6-22(23)24-16-25(33(30-24)20-4-3-5-21(15-20)34(36)37)28(35)32-12-10-31(11-13-32)17-19-8-9-26-27(14-19)39-18-38-26/h1-9,14-16H,10-13,17-18H2. The Morgan fingerprint density at radius 2 is 1.74 bits per heavy atom. The van der Waals surface area contributed by atoms with Crippen LogP contribution in [-0.2, 0) is 6.54 Å². The van der Waals surface area contributed by atoms with Crippen LogP contribution in [0.3, 0.4) is 0 Å². The number of hydrogen-bond acceptors (Lipinski definition) is 7. The fourth-order valence-corrected chi connectivity index (χ4v) is 5.07. The van der Waals surface area contributed by atoms with Crippen molar-refractivity contribution in [3.63, 3.8) is 0 Å². The Hall–Kier alpha value is -4.41. The van der Waals surface area contributed by atoms with Crippen LogP contribution >= 0.6 is 11.6 Å². The summed E-state index contributed by atoms with van der Waals surface area (Å²) in [4.78, 5) is 28.8. The second-order valence-electron chi connectivity index (χ2n) is 9.34. The number of carbonyl (C=O) groups is 1. The van der Waals surface area contributed by atoms with Gasteiger partial charge in [-0.25, -0.2) is 4.68 Å². The van der Waals surface area contributed by atoms with Gasteiger partial charge < -0.3 is 14.4 Å². The number of amides is 1. The van der Waals surface area contributed by atoms with Crippen LogP contribution in [0.4, 0.5) is 5.69 Å². The molecule has 0 atom stereocenters. The Kier molecular flexibility index (Phi) is 6.64. The number of rotatable bonds is 6. The van der Waals surface area contributed by atoms with Crippen LogP contribution in [-0.4, -0.2) is 63.4 Å². The minimum Gasteiger partial charge on any atom is -0.454 e. The summed E-state index contributed by atoms with van der Waals surface area (Å²) in [6.07, 6.45) is 0. The summed E-state index contributed by atoms with van der Waals surface area (Å²) < 4.78 is 12.3. The highest BCUT2D eigenvalue weighted by Gasteiger charge is 2.27. The molecule has 198 valence electrons. The molecule has 0 spiro atoms. The quantitative estimate of drug-likeness (QED) is 0.253. The topological polar surface area (TPSA) is 103 Å². The Balaban J connectivity index is 1.24. The highest BCUT2D eigenvalue weighted by Crippen LogP contribution is 2.33. The summed E-state index contributed by atoms with van der Waals surface area (Å²) in [5.74, 6) is 1.31. The first-order valence-electron chi connectivity index (χ1n) is 12.5.